The number of carbonyl (C=O) groups excluding carboxylic acids is 1. The van der Waals surface area contributed by atoms with Crippen molar-refractivity contribution in [2.75, 3.05) is 32.7 Å². The SMILES string of the molecule is CCN(CC)CCNC(=O)NCC(=O)O. The Morgan fingerprint density at radius 1 is 1.20 bits per heavy atom. The van der Waals surface area contributed by atoms with Gasteiger partial charge in [0, 0.05) is 13.1 Å². The van der Waals surface area contributed by atoms with Crippen LogP contribution in [0.25, 0.3) is 0 Å². The van der Waals surface area contributed by atoms with E-state index in [-0.39, 0.29) is 6.54 Å². The Labute approximate surface area is 89.6 Å². The fraction of sp³-hybridized carbons (Fsp3) is 0.778. The van der Waals surface area contributed by atoms with Gasteiger partial charge in [0.1, 0.15) is 6.54 Å². The molecule has 0 saturated heterocycles. The molecule has 0 atom stereocenters. The van der Waals surface area contributed by atoms with Crippen LogP contribution in [0.1, 0.15) is 13.8 Å². The number of likely N-dealkylation sites (N-methyl/N-ethyl adjacent to an activating group) is 1. The molecule has 6 heteroatoms. The van der Waals surface area contributed by atoms with Crippen LogP contribution >= 0.6 is 0 Å². The smallest absolute Gasteiger partial charge is 0.323 e. The minimum atomic E-state index is -1.05. The van der Waals surface area contributed by atoms with Gasteiger partial charge >= 0.3 is 12.0 Å². The second-order valence-electron chi connectivity index (χ2n) is 3.03. The van der Waals surface area contributed by atoms with Crippen molar-refractivity contribution in [2.24, 2.45) is 0 Å². The summed E-state index contributed by atoms with van der Waals surface area (Å²) in [6.07, 6.45) is 0. The summed E-state index contributed by atoms with van der Waals surface area (Å²) in [6.45, 7) is 6.92. The van der Waals surface area contributed by atoms with E-state index < -0.39 is 12.0 Å². The van der Waals surface area contributed by atoms with Gasteiger partial charge in [-0.1, -0.05) is 13.8 Å². The molecule has 3 N–H and O–H groups in total. The number of amides is 2. The van der Waals surface area contributed by atoms with Crippen LogP contribution in [-0.2, 0) is 4.79 Å². The Morgan fingerprint density at radius 3 is 2.27 bits per heavy atom. The maximum Gasteiger partial charge on any atom is 0.323 e. The first kappa shape index (κ1) is 13.7. The standard InChI is InChI=1S/C9H19N3O3/c1-3-12(4-2)6-5-10-9(15)11-7-8(13)14/h3-7H2,1-2H3,(H,13,14)(H2,10,11,15). The Kier molecular flexibility index (Phi) is 7.35. The van der Waals surface area contributed by atoms with Crippen molar-refractivity contribution in [3.8, 4) is 0 Å². The minimum absolute atomic E-state index is 0.350. The molecule has 0 rings (SSSR count). The highest BCUT2D eigenvalue weighted by Gasteiger charge is 2.03. The molecule has 88 valence electrons. The number of aliphatic carboxylic acids is 1. The highest BCUT2D eigenvalue weighted by molar-refractivity contribution is 5.79. The summed E-state index contributed by atoms with van der Waals surface area (Å²) in [4.78, 5) is 23.3. The lowest BCUT2D eigenvalue weighted by atomic mass is 10.4. The summed E-state index contributed by atoms with van der Waals surface area (Å²) in [5, 5.41) is 13.1. The molecule has 0 radical (unpaired) electrons. The van der Waals surface area contributed by atoms with E-state index in [0.29, 0.717) is 6.54 Å². The van der Waals surface area contributed by atoms with Gasteiger partial charge in [0.15, 0.2) is 0 Å². The summed E-state index contributed by atoms with van der Waals surface area (Å²) in [5.41, 5.74) is 0. The van der Waals surface area contributed by atoms with Crippen molar-refractivity contribution in [1.29, 1.82) is 0 Å². The van der Waals surface area contributed by atoms with Gasteiger partial charge in [-0.15, -0.1) is 0 Å². The molecule has 2 amide bonds. The molecule has 0 aliphatic rings. The number of urea groups is 1. The molecule has 6 nitrogen and oxygen atoms in total. The number of rotatable bonds is 7. The average Bonchev–Trinajstić information content (AvgIpc) is 2.21. The first-order chi connectivity index (χ1) is 7.10. The highest BCUT2D eigenvalue weighted by atomic mass is 16.4. The molecule has 0 spiro atoms. The molecule has 15 heavy (non-hydrogen) atoms. The van der Waals surface area contributed by atoms with Crippen LogP contribution in [0.2, 0.25) is 0 Å². The number of hydrogen-bond donors (Lipinski definition) is 3. The monoisotopic (exact) mass is 217 g/mol. The van der Waals surface area contributed by atoms with E-state index in [1.54, 1.807) is 0 Å². The first-order valence-electron chi connectivity index (χ1n) is 5.06. The zero-order chi connectivity index (χ0) is 11.7. The third-order valence-corrected chi connectivity index (χ3v) is 2.01. The molecular weight excluding hydrogens is 198 g/mol. The number of nitrogens with one attached hydrogen (secondary N) is 2. The molecular formula is C9H19N3O3. The molecule has 0 unspecified atom stereocenters. The van der Waals surface area contributed by atoms with Crippen LogP contribution in [0.15, 0.2) is 0 Å². The van der Waals surface area contributed by atoms with Crippen molar-refractivity contribution < 1.29 is 14.7 Å². The topological polar surface area (TPSA) is 81.7 Å². The van der Waals surface area contributed by atoms with Gasteiger partial charge in [0.05, 0.1) is 0 Å². The van der Waals surface area contributed by atoms with Crippen molar-refractivity contribution >= 4 is 12.0 Å². The van der Waals surface area contributed by atoms with Gasteiger partial charge in [0.25, 0.3) is 0 Å². The van der Waals surface area contributed by atoms with Crippen LogP contribution in [0.4, 0.5) is 4.79 Å². The van der Waals surface area contributed by atoms with Crippen LogP contribution in [-0.4, -0.2) is 54.7 Å². The molecule has 0 aliphatic carbocycles. The second kappa shape index (κ2) is 8.05. The molecule has 0 aromatic rings. The second-order valence-corrected chi connectivity index (χ2v) is 3.03. The summed E-state index contributed by atoms with van der Waals surface area (Å²) in [7, 11) is 0. The number of carbonyl (C=O) groups is 2. The Bertz CT molecular complexity index is 205. The first-order valence-corrected chi connectivity index (χ1v) is 5.06. The Balaban J connectivity index is 3.49. The Hall–Kier alpha value is -1.30. The van der Waals surface area contributed by atoms with Crippen molar-refractivity contribution in [2.45, 2.75) is 13.8 Å². The van der Waals surface area contributed by atoms with Crippen LogP contribution < -0.4 is 10.6 Å². The van der Waals surface area contributed by atoms with Crippen LogP contribution in [0.3, 0.4) is 0 Å². The molecule has 0 aromatic heterocycles. The van der Waals surface area contributed by atoms with Crippen LogP contribution in [0, 0.1) is 0 Å². The third kappa shape index (κ3) is 7.75. The molecule has 0 heterocycles. The normalized spacial score (nSPS) is 10.1. The third-order valence-electron chi connectivity index (χ3n) is 2.01. The quantitative estimate of drug-likeness (QED) is 0.547. The number of carboxylic acid groups (broad SMARTS) is 1. The van der Waals surface area contributed by atoms with E-state index in [2.05, 4.69) is 15.5 Å². The summed E-state index contributed by atoms with van der Waals surface area (Å²) in [5.74, 6) is -1.05. The number of carboxylic acids is 1. The fourth-order valence-corrected chi connectivity index (χ4v) is 1.09. The number of nitrogens with zero attached hydrogens (tertiary/aromatic N) is 1. The lowest BCUT2D eigenvalue weighted by molar-refractivity contribution is -0.135. The summed E-state index contributed by atoms with van der Waals surface area (Å²) >= 11 is 0. The number of hydrogen-bond acceptors (Lipinski definition) is 3. The van der Waals surface area contributed by atoms with Gasteiger partial charge in [0.2, 0.25) is 0 Å². The van der Waals surface area contributed by atoms with Gasteiger partial charge in [-0.3, -0.25) is 4.79 Å². The predicted octanol–water partition coefficient (Wildman–Crippen LogP) is -0.288. The van der Waals surface area contributed by atoms with Gasteiger partial charge < -0.3 is 20.6 Å². The van der Waals surface area contributed by atoms with E-state index in [1.165, 1.54) is 0 Å². The summed E-state index contributed by atoms with van der Waals surface area (Å²) < 4.78 is 0. The largest absolute Gasteiger partial charge is 0.480 e. The molecule has 0 fully saturated rings. The summed E-state index contributed by atoms with van der Waals surface area (Å²) in [6, 6.07) is -0.440. The molecule has 0 saturated carbocycles. The molecule has 0 aromatic carbocycles. The van der Waals surface area contributed by atoms with E-state index in [1.807, 2.05) is 13.8 Å². The van der Waals surface area contributed by atoms with Crippen molar-refractivity contribution in [3.63, 3.8) is 0 Å². The van der Waals surface area contributed by atoms with Crippen molar-refractivity contribution in [3.05, 3.63) is 0 Å². The maximum atomic E-state index is 11.0. The average molecular weight is 217 g/mol. The van der Waals surface area contributed by atoms with Gasteiger partial charge in [-0.25, -0.2) is 4.79 Å². The van der Waals surface area contributed by atoms with Crippen molar-refractivity contribution in [1.82, 2.24) is 15.5 Å². The molecule has 0 aliphatic heterocycles. The zero-order valence-electron chi connectivity index (χ0n) is 9.25. The van der Waals surface area contributed by atoms with E-state index >= 15 is 0 Å². The van der Waals surface area contributed by atoms with E-state index in [4.69, 9.17) is 5.11 Å². The van der Waals surface area contributed by atoms with E-state index in [0.717, 1.165) is 19.6 Å². The fourth-order valence-electron chi connectivity index (χ4n) is 1.09. The predicted molar refractivity (Wildman–Crippen MR) is 56.8 cm³/mol. The van der Waals surface area contributed by atoms with E-state index in [9.17, 15) is 9.59 Å². The highest BCUT2D eigenvalue weighted by Crippen LogP contribution is 1.83. The molecule has 0 bridgehead atoms. The van der Waals surface area contributed by atoms with Crippen LogP contribution in [0.5, 0.6) is 0 Å². The van der Waals surface area contributed by atoms with Gasteiger partial charge in [-0.05, 0) is 13.1 Å². The lowest BCUT2D eigenvalue weighted by Gasteiger charge is -2.17. The van der Waals surface area contributed by atoms with Gasteiger partial charge in [-0.2, -0.15) is 0 Å². The lowest BCUT2D eigenvalue weighted by Crippen LogP contribution is -2.42. The minimum Gasteiger partial charge on any atom is -0.480 e. The zero-order valence-corrected chi connectivity index (χ0v) is 9.25. The maximum absolute atomic E-state index is 11.0. The Morgan fingerprint density at radius 2 is 1.80 bits per heavy atom.